The van der Waals surface area contributed by atoms with Crippen LogP contribution in [0.5, 0.6) is 0 Å². The molecule has 1 aromatic rings. The summed E-state index contributed by atoms with van der Waals surface area (Å²) < 4.78 is 0. The van der Waals surface area contributed by atoms with Crippen molar-refractivity contribution >= 4 is 41.2 Å². The molecule has 0 aliphatic rings. The molecular weight excluding hydrogens is 279 g/mol. The molecule has 0 atom stereocenters. The van der Waals surface area contributed by atoms with E-state index < -0.39 is 11.9 Å². The second kappa shape index (κ2) is 6.25. The van der Waals surface area contributed by atoms with Crippen LogP contribution in [0.25, 0.3) is 6.08 Å². The molecule has 6 nitrogen and oxygen atoms in total. The summed E-state index contributed by atoms with van der Waals surface area (Å²) in [5, 5.41) is 8.01. The molecule has 0 saturated carbocycles. The van der Waals surface area contributed by atoms with Crippen LogP contribution < -0.4 is 11.6 Å². The van der Waals surface area contributed by atoms with E-state index >= 15 is 0 Å². The minimum absolute atomic E-state index is 0.334. The van der Waals surface area contributed by atoms with E-state index in [4.69, 9.17) is 40.2 Å². The molecule has 1 aromatic carbocycles. The molecule has 0 aliphatic carbocycles. The molecule has 5 N–H and O–H groups in total. The van der Waals surface area contributed by atoms with Gasteiger partial charge in [0.05, 0.1) is 0 Å². The average Bonchev–Trinajstić information content (AvgIpc) is 2.28. The number of hydrogen-bond donors (Lipinski definition) is 3. The average molecular weight is 289 g/mol. The molecule has 0 unspecified atom stereocenters. The van der Waals surface area contributed by atoms with Crippen LogP contribution in [0.15, 0.2) is 24.3 Å². The largest absolute Gasteiger partial charge is 0.366 e. The Morgan fingerprint density at radius 2 is 1.94 bits per heavy atom. The molecule has 1 rings (SSSR count). The van der Waals surface area contributed by atoms with E-state index in [0.717, 1.165) is 6.08 Å². The summed E-state index contributed by atoms with van der Waals surface area (Å²) in [6.45, 7) is 0. The zero-order valence-electron chi connectivity index (χ0n) is 9.06. The Balaban J connectivity index is 2.75. The van der Waals surface area contributed by atoms with Gasteiger partial charge in [-0.25, -0.2) is 10.6 Å². The first-order valence-electron chi connectivity index (χ1n) is 4.64. The second-order valence-electron chi connectivity index (χ2n) is 3.09. The van der Waals surface area contributed by atoms with Crippen LogP contribution in [0.2, 0.25) is 10.0 Å². The summed E-state index contributed by atoms with van der Waals surface area (Å²) in [6.07, 6.45) is 2.44. The van der Waals surface area contributed by atoms with Crippen LogP contribution in [0.4, 0.5) is 0 Å². The van der Waals surface area contributed by atoms with Crippen molar-refractivity contribution in [3.05, 3.63) is 39.9 Å². The SMILES string of the molecule is N=C(N)N(N)OC(=O)/C=C/c1c(Cl)cccc1Cl. The van der Waals surface area contributed by atoms with Crippen molar-refractivity contribution < 1.29 is 9.63 Å². The lowest BCUT2D eigenvalue weighted by molar-refractivity contribution is -0.167. The van der Waals surface area contributed by atoms with Gasteiger partial charge in [0.15, 0.2) is 0 Å². The van der Waals surface area contributed by atoms with Crippen molar-refractivity contribution in [2.75, 3.05) is 0 Å². The fourth-order valence-corrected chi connectivity index (χ4v) is 1.52. The fourth-order valence-electron chi connectivity index (χ4n) is 0.998. The Hall–Kier alpha value is -1.76. The van der Waals surface area contributed by atoms with Crippen molar-refractivity contribution in [3.8, 4) is 0 Å². The molecule has 96 valence electrons. The number of rotatable bonds is 2. The summed E-state index contributed by atoms with van der Waals surface area (Å²) in [6, 6.07) is 4.93. The zero-order chi connectivity index (χ0) is 13.7. The first-order chi connectivity index (χ1) is 8.41. The van der Waals surface area contributed by atoms with Gasteiger partial charge in [-0.1, -0.05) is 29.3 Å². The molecule has 0 bridgehead atoms. The van der Waals surface area contributed by atoms with Crippen LogP contribution in [0, 0.1) is 5.41 Å². The molecular formula is C10H10Cl2N4O2. The normalized spacial score (nSPS) is 10.4. The number of halogens is 2. The minimum Gasteiger partial charge on any atom is -0.366 e. The smallest absolute Gasteiger partial charge is 0.358 e. The van der Waals surface area contributed by atoms with Crippen LogP contribution in [0.3, 0.4) is 0 Å². The van der Waals surface area contributed by atoms with Crippen molar-refractivity contribution in [2.45, 2.75) is 0 Å². The number of guanidine groups is 1. The van der Waals surface area contributed by atoms with E-state index in [9.17, 15) is 4.79 Å². The van der Waals surface area contributed by atoms with E-state index in [1.807, 2.05) is 0 Å². The van der Waals surface area contributed by atoms with Crippen molar-refractivity contribution in [3.63, 3.8) is 0 Å². The summed E-state index contributed by atoms with van der Waals surface area (Å²) in [5.74, 6) is 3.68. The Bertz CT molecular complexity index is 484. The molecule has 0 aromatic heterocycles. The highest BCUT2D eigenvalue weighted by atomic mass is 35.5. The van der Waals surface area contributed by atoms with Gasteiger partial charge >= 0.3 is 5.97 Å². The van der Waals surface area contributed by atoms with Gasteiger partial charge in [-0.05, 0) is 18.2 Å². The highest BCUT2D eigenvalue weighted by Crippen LogP contribution is 2.25. The number of carbonyl (C=O) groups excluding carboxylic acids is 1. The Kier molecular flexibility index (Phi) is 4.96. The summed E-state index contributed by atoms with van der Waals surface area (Å²) in [7, 11) is 0. The first-order valence-corrected chi connectivity index (χ1v) is 5.40. The minimum atomic E-state index is -0.816. The van der Waals surface area contributed by atoms with E-state index in [-0.39, 0.29) is 0 Å². The molecule has 0 aliphatic heterocycles. The van der Waals surface area contributed by atoms with Crippen LogP contribution in [-0.2, 0) is 9.63 Å². The number of carbonyl (C=O) groups is 1. The monoisotopic (exact) mass is 288 g/mol. The maximum atomic E-state index is 11.3. The van der Waals surface area contributed by atoms with Gasteiger partial charge in [-0.15, -0.1) is 5.17 Å². The predicted octanol–water partition coefficient (Wildman–Crippen LogP) is 1.53. The number of hydrogen-bond acceptors (Lipinski definition) is 4. The summed E-state index contributed by atoms with van der Waals surface area (Å²) >= 11 is 11.8. The number of nitrogens with two attached hydrogens (primary N) is 2. The summed E-state index contributed by atoms with van der Waals surface area (Å²) in [5.41, 5.74) is 5.46. The van der Waals surface area contributed by atoms with Crippen LogP contribution in [0.1, 0.15) is 5.56 Å². The topological polar surface area (TPSA) is 105 Å². The Morgan fingerprint density at radius 3 is 2.44 bits per heavy atom. The lowest BCUT2D eigenvalue weighted by Crippen LogP contribution is -2.43. The lowest BCUT2D eigenvalue weighted by atomic mass is 10.2. The third kappa shape index (κ3) is 3.92. The number of benzene rings is 1. The number of nitrogens with one attached hydrogen (secondary N) is 1. The van der Waals surface area contributed by atoms with Gasteiger partial charge < -0.3 is 10.6 Å². The van der Waals surface area contributed by atoms with Crippen molar-refractivity contribution in [1.29, 1.82) is 5.41 Å². The molecule has 0 spiro atoms. The highest BCUT2D eigenvalue weighted by Gasteiger charge is 2.07. The quantitative estimate of drug-likeness (QED) is 0.252. The Labute approximate surface area is 113 Å². The van der Waals surface area contributed by atoms with Gasteiger partial charge in [0, 0.05) is 21.7 Å². The fraction of sp³-hybridized carbons (Fsp3) is 0. The maximum absolute atomic E-state index is 11.3. The van der Waals surface area contributed by atoms with Crippen LogP contribution >= 0.6 is 23.2 Å². The van der Waals surface area contributed by atoms with Gasteiger partial charge in [0.2, 0.25) is 5.96 Å². The van der Waals surface area contributed by atoms with Gasteiger partial charge in [0.25, 0.3) is 0 Å². The molecule has 0 radical (unpaired) electrons. The number of hydroxylamine groups is 1. The second-order valence-corrected chi connectivity index (χ2v) is 3.90. The van der Waals surface area contributed by atoms with Gasteiger partial charge in [-0.3, -0.25) is 5.41 Å². The third-order valence-electron chi connectivity index (χ3n) is 1.81. The predicted molar refractivity (Wildman–Crippen MR) is 69.5 cm³/mol. The molecule has 0 saturated heterocycles. The number of nitrogens with zero attached hydrogens (tertiary/aromatic N) is 1. The van der Waals surface area contributed by atoms with E-state index in [0.29, 0.717) is 20.8 Å². The molecule has 18 heavy (non-hydrogen) atoms. The standard InChI is InChI=1S/C10H10Cl2N4O2/c11-7-2-1-3-8(12)6(7)4-5-9(17)18-16(15)10(13)14/h1-5H,15H2,(H3,13,14)/b5-4+. The van der Waals surface area contributed by atoms with Gasteiger partial charge in [-0.2, -0.15) is 0 Å². The molecule has 0 fully saturated rings. The molecule has 0 heterocycles. The summed E-state index contributed by atoms with van der Waals surface area (Å²) in [4.78, 5) is 15.7. The Morgan fingerprint density at radius 1 is 1.39 bits per heavy atom. The third-order valence-corrected chi connectivity index (χ3v) is 2.47. The lowest BCUT2D eigenvalue weighted by Gasteiger charge is -2.12. The van der Waals surface area contributed by atoms with Crippen molar-refractivity contribution in [2.24, 2.45) is 11.6 Å². The maximum Gasteiger partial charge on any atom is 0.358 e. The van der Waals surface area contributed by atoms with Gasteiger partial charge in [0.1, 0.15) is 0 Å². The molecule has 0 amide bonds. The molecule has 8 heteroatoms. The first kappa shape index (κ1) is 14.3. The van der Waals surface area contributed by atoms with E-state index in [1.54, 1.807) is 18.2 Å². The van der Waals surface area contributed by atoms with E-state index in [1.165, 1.54) is 6.08 Å². The highest BCUT2D eigenvalue weighted by molar-refractivity contribution is 6.37. The van der Waals surface area contributed by atoms with Crippen molar-refractivity contribution in [1.82, 2.24) is 5.17 Å². The van der Waals surface area contributed by atoms with Crippen LogP contribution in [-0.4, -0.2) is 17.1 Å². The number of hydrazine groups is 1. The van der Waals surface area contributed by atoms with E-state index in [2.05, 4.69) is 4.84 Å². The zero-order valence-corrected chi connectivity index (χ0v) is 10.6.